The SMILES string of the molecule is CC(C)CS(=O)(=O)c1ccccc1F. The third-order valence-electron chi connectivity index (χ3n) is 1.72. The Kier molecular flexibility index (Phi) is 3.26. The molecule has 0 amide bonds. The summed E-state index contributed by atoms with van der Waals surface area (Å²) < 4.78 is 36.4. The van der Waals surface area contributed by atoms with Crippen LogP contribution in [-0.2, 0) is 9.84 Å². The van der Waals surface area contributed by atoms with Crippen LogP contribution in [0.15, 0.2) is 29.2 Å². The zero-order valence-corrected chi connectivity index (χ0v) is 9.01. The van der Waals surface area contributed by atoms with Gasteiger partial charge in [0.15, 0.2) is 9.84 Å². The first kappa shape index (κ1) is 11.2. The first-order valence-electron chi connectivity index (χ1n) is 4.41. The highest BCUT2D eigenvalue weighted by atomic mass is 32.2. The Balaban J connectivity index is 3.11. The summed E-state index contributed by atoms with van der Waals surface area (Å²) in [4.78, 5) is -0.200. The molecule has 0 spiro atoms. The minimum atomic E-state index is -3.47. The quantitative estimate of drug-likeness (QED) is 0.776. The first-order valence-corrected chi connectivity index (χ1v) is 6.06. The van der Waals surface area contributed by atoms with Crippen molar-refractivity contribution in [1.29, 1.82) is 0 Å². The van der Waals surface area contributed by atoms with Crippen LogP contribution in [0.25, 0.3) is 0 Å². The van der Waals surface area contributed by atoms with Crippen LogP contribution in [0.1, 0.15) is 13.8 Å². The van der Waals surface area contributed by atoms with Crippen molar-refractivity contribution in [1.82, 2.24) is 0 Å². The lowest BCUT2D eigenvalue weighted by Gasteiger charge is -2.07. The predicted molar refractivity (Wildman–Crippen MR) is 53.3 cm³/mol. The Morgan fingerprint density at radius 3 is 2.36 bits per heavy atom. The molecule has 0 aromatic heterocycles. The molecule has 0 aliphatic heterocycles. The molecule has 0 aliphatic rings. The van der Waals surface area contributed by atoms with Crippen LogP contribution in [0.3, 0.4) is 0 Å². The molecule has 2 nitrogen and oxygen atoms in total. The fraction of sp³-hybridized carbons (Fsp3) is 0.400. The molecule has 0 aliphatic carbocycles. The highest BCUT2D eigenvalue weighted by molar-refractivity contribution is 7.91. The number of halogens is 1. The Labute approximate surface area is 83.7 Å². The molecule has 1 aromatic rings. The number of rotatable bonds is 3. The van der Waals surface area contributed by atoms with Crippen molar-refractivity contribution in [2.45, 2.75) is 18.7 Å². The molecule has 1 aromatic carbocycles. The number of hydrogen-bond donors (Lipinski definition) is 0. The zero-order valence-electron chi connectivity index (χ0n) is 8.20. The fourth-order valence-corrected chi connectivity index (χ4v) is 2.93. The van der Waals surface area contributed by atoms with E-state index in [1.54, 1.807) is 13.8 Å². The second kappa shape index (κ2) is 4.09. The monoisotopic (exact) mass is 216 g/mol. The van der Waals surface area contributed by atoms with Crippen molar-refractivity contribution >= 4 is 9.84 Å². The minimum absolute atomic E-state index is 0.000365. The van der Waals surface area contributed by atoms with E-state index in [9.17, 15) is 12.8 Å². The van der Waals surface area contributed by atoms with Gasteiger partial charge in [-0.05, 0) is 18.1 Å². The highest BCUT2D eigenvalue weighted by Gasteiger charge is 2.19. The summed E-state index contributed by atoms with van der Waals surface area (Å²) >= 11 is 0. The summed E-state index contributed by atoms with van der Waals surface area (Å²) in [6, 6.07) is 5.46. The molecule has 78 valence electrons. The van der Waals surface area contributed by atoms with Gasteiger partial charge in [0.25, 0.3) is 0 Å². The van der Waals surface area contributed by atoms with Crippen LogP contribution in [0.5, 0.6) is 0 Å². The van der Waals surface area contributed by atoms with E-state index in [0.29, 0.717) is 0 Å². The molecule has 14 heavy (non-hydrogen) atoms. The Morgan fingerprint density at radius 2 is 1.86 bits per heavy atom. The van der Waals surface area contributed by atoms with Crippen LogP contribution in [-0.4, -0.2) is 14.2 Å². The van der Waals surface area contributed by atoms with Gasteiger partial charge in [-0.15, -0.1) is 0 Å². The molecule has 0 unspecified atom stereocenters. The van der Waals surface area contributed by atoms with E-state index >= 15 is 0 Å². The van der Waals surface area contributed by atoms with Gasteiger partial charge in [-0.3, -0.25) is 0 Å². The van der Waals surface area contributed by atoms with Crippen LogP contribution >= 0.6 is 0 Å². The largest absolute Gasteiger partial charge is 0.224 e. The smallest absolute Gasteiger partial charge is 0.181 e. The Morgan fingerprint density at radius 1 is 1.29 bits per heavy atom. The Bertz CT molecular complexity index is 410. The zero-order chi connectivity index (χ0) is 10.8. The molecule has 0 radical (unpaired) electrons. The number of hydrogen-bond acceptors (Lipinski definition) is 2. The molecule has 0 fully saturated rings. The predicted octanol–water partition coefficient (Wildman–Crippen LogP) is 2.26. The van der Waals surface area contributed by atoms with Gasteiger partial charge >= 0.3 is 0 Å². The standard InChI is InChI=1S/C10H13FO2S/c1-8(2)7-14(12,13)10-6-4-3-5-9(10)11/h3-6,8H,7H2,1-2H3. The van der Waals surface area contributed by atoms with Crippen molar-refractivity contribution in [2.75, 3.05) is 5.75 Å². The molecule has 0 saturated carbocycles. The third-order valence-corrected chi connectivity index (χ3v) is 3.83. The van der Waals surface area contributed by atoms with E-state index < -0.39 is 15.7 Å². The van der Waals surface area contributed by atoms with Crippen LogP contribution < -0.4 is 0 Å². The van der Waals surface area contributed by atoms with Gasteiger partial charge in [-0.2, -0.15) is 0 Å². The van der Waals surface area contributed by atoms with Crippen molar-refractivity contribution < 1.29 is 12.8 Å². The molecule has 1 rings (SSSR count). The van der Waals surface area contributed by atoms with E-state index in [1.807, 2.05) is 0 Å². The third kappa shape index (κ3) is 2.54. The van der Waals surface area contributed by atoms with Gasteiger partial charge in [-0.1, -0.05) is 26.0 Å². The Hall–Kier alpha value is -0.900. The molecular formula is C10H13FO2S. The number of benzene rings is 1. The average Bonchev–Trinajstić information content (AvgIpc) is 2.02. The summed E-state index contributed by atoms with van der Waals surface area (Å²) in [5.74, 6) is -0.693. The first-order chi connectivity index (χ1) is 6.43. The normalized spacial score (nSPS) is 12.0. The van der Waals surface area contributed by atoms with Crippen molar-refractivity contribution in [3.8, 4) is 0 Å². The molecule has 0 saturated heterocycles. The second-order valence-corrected chi connectivity index (χ2v) is 5.61. The lowest BCUT2D eigenvalue weighted by molar-refractivity contribution is 0.558. The summed E-state index contributed by atoms with van der Waals surface area (Å²) in [5.41, 5.74) is 0. The van der Waals surface area contributed by atoms with E-state index in [4.69, 9.17) is 0 Å². The number of sulfone groups is 1. The van der Waals surface area contributed by atoms with Gasteiger partial charge in [0.05, 0.1) is 5.75 Å². The molecule has 0 heterocycles. The van der Waals surface area contributed by atoms with E-state index in [1.165, 1.54) is 18.2 Å². The fourth-order valence-electron chi connectivity index (χ4n) is 1.23. The lowest BCUT2D eigenvalue weighted by atomic mass is 10.3. The molecule has 0 bridgehead atoms. The average molecular weight is 216 g/mol. The van der Waals surface area contributed by atoms with Gasteiger partial charge in [-0.25, -0.2) is 12.8 Å². The van der Waals surface area contributed by atoms with Crippen molar-refractivity contribution in [3.05, 3.63) is 30.1 Å². The van der Waals surface area contributed by atoms with E-state index in [0.717, 1.165) is 6.07 Å². The van der Waals surface area contributed by atoms with Gasteiger partial charge in [0.1, 0.15) is 10.7 Å². The van der Waals surface area contributed by atoms with Gasteiger partial charge in [0, 0.05) is 0 Å². The van der Waals surface area contributed by atoms with Crippen molar-refractivity contribution in [2.24, 2.45) is 5.92 Å². The summed E-state index contributed by atoms with van der Waals surface area (Å²) in [6.45, 7) is 3.58. The summed E-state index contributed by atoms with van der Waals surface area (Å²) in [7, 11) is -3.47. The van der Waals surface area contributed by atoms with Gasteiger partial charge < -0.3 is 0 Å². The lowest BCUT2D eigenvalue weighted by Crippen LogP contribution is -2.13. The van der Waals surface area contributed by atoms with E-state index in [2.05, 4.69) is 0 Å². The maximum atomic E-state index is 13.2. The van der Waals surface area contributed by atoms with Crippen LogP contribution in [0.2, 0.25) is 0 Å². The molecule has 0 atom stereocenters. The highest BCUT2D eigenvalue weighted by Crippen LogP contribution is 2.17. The van der Waals surface area contributed by atoms with E-state index in [-0.39, 0.29) is 16.6 Å². The van der Waals surface area contributed by atoms with Gasteiger partial charge in [0.2, 0.25) is 0 Å². The van der Waals surface area contributed by atoms with Crippen LogP contribution in [0.4, 0.5) is 4.39 Å². The van der Waals surface area contributed by atoms with Crippen molar-refractivity contribution in [3.63, 3.8) is 0 Å². The molecule has 0 N–H and O–H groups in total. The topological polar surface area (TPSA) is 34.1 Å². The molecular weight excluding hydrogens is 203 g/mol. The van der Waals surface area contributed by atoms with Crippen LogP contribution in [0, 0.1) is 11.7 Å². The maximum absolute atomic E-state index is 13.2. The summed E-state index contributed by atoms with van der Waals surface area (Å²) in [6.07, 6.45) is 0. The maximum Gasteiger partial charge on any atom is 0.181 e. The summed E-state index contributed by atoms with van der Waals surface area (Å²) in [5, 5.41) is 0. The minimum Gasteiger partial charge on any atom is -0.224 e. The second-order valence-electron chi connectivity index (χ2n) is 3.61. The molecule has 4 heteroatoms.